The molecule has 1 N–H and O–H groups in total. The fourth-order valence-corrected chi connectivity index (χ4v) is 3.92. The number of nitriles is 1. The van der Waals surface area contributed by atoms with E-state index in [0.29, 0.717) is 19.6 Å². The summed E-state index contributed by atoms with van der Waals surface area (Å²) in [5.41, 5.74) is 6.76. The van der Waals surface area contributed by atoms with E-state index < -0.39 is 6.09 Å². The smallest absolute Gasteiger partial charge is 0.407 e. The normalized spacial score (nSPS) is 12.2. The van der Waals surface area contributed by atoms with Crippen LogP contribution < -0.4 is 5.32 Å². The maximum atomic E-state index is 12.2. The van der Waals surface area contributed by atoms with E-state index in [-0.39, 0.29) is 5.92 Å². The molecular formula is C26H22N2O2. The number of nitrogens with one attached hydrogen (secondary N) is 1. The van der Waals surface area contributed by atoms with Gasteiger partial charge in [0.2, 0.25) is 0 Å². The van der Waals surface area contributed by atoms with Crippen molar-refractivity contribution in [3.8, 4) is 17.2 Å². The number of hydrogen-bond acceptors (Lipinski definition) is 3. The lowest BCUT2D eigenvalue weighted by Crippen LogP contribution is -2.26. The van der Waals surface area contributed by atoms with E-state index in [4.69, 9.17) is 10.00 Å². The van der Waals surface area contributed by atoms with Gasteiger partial charge < -0.3 is 10.1 Å². The monoisotopic (exact) mass is 394 g/mol. The molecule has 4 rings (SSSR count). The minimum atomic E-state index is -0.438. The number of carbonyl (C=O) groups excluding carboxylic acids is 1. The lowest BCUT2D eigenvalue weighted by atomic mass is 9.98. The number of amides is 1. The maximum absolute atomic E-state index is 12.2. The average molecular weight is 394 g/mol. The number of ether oxygens (including phenoxy) is 1. The summed E-state index contributed by atoms with van der Waals surface area (Å²) in [6, 6.07) is 26.4. The molecule has 3 aromatic rings. The van der Waals surface area contributed by atoms with Crippen LogP contribution in [0.2, 0.25) is 0 Å². The molecule has 4 heteroatoms. The van der Waals surface area contributed by atoms with Gasteiger partial charge in [-0.15, -0.1) is 0 Å². The van der Waals surface area contributed by atoms with Crippen molar-refractivity contribution < 1.29 is 9.53 Å². The van der Waals surface area contributed by atoms with Crippen molar-refractivity contribution in [2.24, 2.45) is 0 Å². The lowest BCUT2D eigenvalue weighted by Gasteiger charge is -2.14. The molecule has 0 saturated heterocycles. The summed E-state index contributed by atoms with van der Waals surface area (Å²) in [5, 5.41) is 11.7. The number of fused-ring (bicyclic) bond motifs is 3. The Kier molecular flexibility index (Phi) is 5.91. The molecule has 4 nitrogen and oxygen atoms in total. The van der Waals surface area contributed by atoms with Crippen molar-refractivity contribution in [2.75, 3.05) is 13.2 Å². The zero-order valence-electron chi connectivity index (χ0n) is 16.5. The van der Waals surface area contributed by atoms with Crippen LogP contribution in [0.25, 0.3) is 17.2 Å². The van der Waals surface area contributed by atoms with Gasteiger partial charge in [-0.2, -0.15) is 5.26 Å². The summed E-state index contributed by atoms with van der Waals surface area (Å²) in [7, 11) is 0. The molecule has 0 radical (unpaired) electrons. The predicted octanol–water partition coefficient (Wildman–Crippen LogP) is 5.30. The Hall–Kier alpha value is -3.84. The molecule has 0 fully saturated rings. The molecule has 0 aliphatic heterocycles. The lowest BCUT2D eigenvalue weighted by molar-refractivity contribution is 0.144. The third-order valence-electron chi connectivity index (χ3n) is 5.33. The zero-order valence-corrected chi connectivity index (χ0v) is 16.5. The summed E-state index contributed by atoms with van der Waals surface area (Å²) in [4.78, 5) is 12.2. The summed E-state index contributed by atoms with van der Waals surface area (Å²) in [6.45, 7) is 0.659. The first-order valence-electron chi connectivity index (χ1n) is 9.98. The van der Waals surface area contributed by atoms with Gasteiger partial charge in [0.25, 0.3) is 0 Å². The van der Waals surface area contributed by atoms with Gasteiger partial charge in [-0.25, -0.2) is 4.79 Å². The molecule has 0 unspecified atom stereocenters. The molecule has 0 aromatic heterocycles. The molecular weight excluding hydrogens is 372 g/mol. The number of nitrogens with zero attached hydrogens (tertiary/aromatic N) is 1. The SMILES string of the molecule is N#CCc1ccccc1C=CCNC(=O)OCC1c2ccccc2-c2ccccc21. The molecule has 1 aliphatic carbocycles. The quantitative estimate of drug-likeness (QED) is 0.617. The van der Waals surface area contributed by atoms with Crippen LogP contribution in [0.1, 0.15) is 28.2 Å². The Morgan fingerprint density at radius 2 is 1.60 bits per heavy atom. The molecule has 1 amide bonds. The molecule has 0 bridgehead atoms. The van der Waals surface area contributed by atoms with Gasteiger partial charge in [-0.3, -0.25) is 0 Å². The van der Waals surface area contributed by atoms with E-state index in [2.05, 4.69) is 35.7 Å². The van der Waals surface area contributed by atoms with Gasteiger partial charge in [0.15, 0.2) is 0 Å². The number of alkyl carbamates (subject to hydrolysis) is 1. The van der Waals surface area contributed by atoms with Gasteiger partial charge in [0.05, 0.1) is 12.5 Å². The third kappa shape index (κ3) is 4.11. The topological polar surface area (TPSA) is 62.1 Å². The highest BCUT2D eigenvalue weighted by Gasteiger charge is 2.28. The Labute approximate surface area is 176 Å². The van der Waals surface area contributed by atoms with Gasteiger partial charge in [0, 0.05) is 12.5 Å². The van der Waals surface area contributed by atoms with Crippen molar-refractivity contribution >= 4 is 12.2 Å². The van der Waals surface area contributed by atoms with Crippen LogP contribution in [0.4, 0.5) is 4.79 Å². The van der Waals surface area contributed by atoms with E-state index in [9.17, 15) is 4.79 Å². The minimum Gasteiger partial charge on any atom is -0.449 e. The van der Waals surface area contributed by atoms with Crippen LogP contribution in [-0.2, 0) is 11.2 Å². The zero-order chi connectivity index (χ0) is 20.8. The Bertz CT molecular complexity index is 1080. The van der Waals surface area contributed by atoms with Gasteiger partial charge in [-0.05, 0) is 33.4 Å². The highest BCUT2D eigenvalue weighted by molar-refractivity contribution is 5.79. The largest absolute Gasteiger partial charge is 0.449 e. The maximum Gasteiger partial charge on any atom is 0.407 e. The fourth-order valence-electron chi connectivity index (χ4n) is 3.92. The van der Waals surface area contributed by atoms with Crippen LogP contribution in [0.5, 0.6) is 0 Å². The fraction of sp³-hybridized carbons (Fsp3) is 0.154. The second-order valence-corrected chi connectivity index (χ2v) is 7.14. The third-order valence-corrected chi connectivity index (χ3v) is 5.33. The van der Waals surface area contributed by atoms with Crippen LogP contribution in [0, 0.1) is 11.3 Å². The van der Waals surface area contributed by atoms with Gasteiger partial charge in [-0.1, -0.05) is 84.9 Å². The standard InChI is InChI=1S/C26H22N2O2/c27-16-15-20-9-2-1-8-19(20)10-7-17-28-26(29)30-18-25-23-13-5-3-11-21(23)22-12-4-6-14-24(22)25/h1-14,25H,15,17-18H2,(H,28,29). The van der Waals surface area contributed by atoms with E-state index in [1.54, 1.807) is 0 Å². The average Bonchev–Trinajstić information content (AvgIpc) is 3.10. The first kappa shape index (κ1) is 19.5. The molecule has 148 valence electrons. The Balaban J connectivity index is 1.33. The van der Waals surface area contributed by atoms with Crippen molar-refractivity contribution in [2.45, 2.75) is 12.3 Å². The number of benzene rings is 3. The minimum absolute atomic E-state index is 0.0524. The van der Waals surface area contributed by atoms with E-state index >= 15 is 0 Å². The Morgan fingerprint density at radius 3 is 2.30 bits per heavy atom. The summed E-state index contributed by atoms with van der Waals surface area (Å²) in [5.74, 6) is 0.0524. The highest BCUT2D eigenvalue weighted by Crippen LogP contribution is 2.44. The highest BCUT2D eigenvalue weighted by atomic mass is 16.5. The number of hydrogen-bond donors (Lipinski definition) is 1. The Morgan fingerprint density at radius 1 is 0.967 bits per heavy atom. The van der Waals surface area contributed by atoms with Gasteiger partial charge in [0.1, 0.15) is 6.61 Å². The first-order chi connectivity index (χ1) is 14.8. The van der Waals surface area contributed by atoms with Crippen LogP contribution >= 0.6 is 0 Å². The van der Waals surface area contributed by atoms with E-state index in [0.717, 1.165) is 11.1 Å². The van der Waals surface area contributed by atoms with Crippen molar-refractivity contribution in [1.29, 1.82) is 5.26 Å². The second-order valence-electron chi connectivity index (χ2n) is 7.14. The molecule has 30 heavy (non-hydrogen) atoms. The van der Waals surface area contributed by atoms with Crippen LogP contribution in [-0.4, -0.2) is 19.2 Å². The molecule has 0 atom stereocenters. The van der Waals surface area contributed by atoms with E-state index in [1.165, 1.54) is 22.3 Å². The van der Waals surface area contributed by atoms with Gasteiger partial charge >= 0.3 is 6.09 Å². The molecule has 1 aliphatic rings. The summed E-state index contributed by atoms with van der Waals surface area (Å²) >= 11 is 0. The predicted molar refractivity (Wildman–Crippen MR) is 118 cm³/mol. The molecule has 3 aromatic carbocycles. The molecule has 0 spiro atoms. The molecule has 0 saturated carbocycles. The number of rotatable bonds is 6. The summed E-state index contributed by atoms with van der Waals surface area (Å²) < 4.78 is 5.53. The van der Waals surface area contributed by atoms with E-state index in [1.807, 2.05) is 60.7 Å². The van der Waals surface area contributed by atoms with Crippen LogP contribution in [0.15, 0.2) is 78.9 Å². The summed E-state index contributed by atoms with van der Waals surface area (Å²) in [6.07, 6.45) is 3.70. The van der Waals surface area contributed by atoms with Crippen molar-refractivity contribution in [1.82, 2.24) is 5.32 Å². The van der Waals surface area contributed by atoms with Crippen molar-refractivity contribution in [3.63, 3.8) is 0 Å². The van der Waals surface area contributed by atoms with Crippen molar-refractivity contribution in [3.05, 3.63) is 101 Å². The first-order valence-corrected chi connectivity index (χ1v) is 9.98. The second kappa shape index (κ2) is 9.11. The number of carbonyl (C=O) groups is 1. The molecule has 0 heterocycles. The van der Waals surface area contributed by atoms with Crippen LogP contribution in [0.3, 0.4) is 0 Å².